The fraction of sp³-hybridized carbons (Fsp3) is 0.538. The van der Waals surface area contributed by atoms with Crippen molar-refractivity contribution in [1.82, 2.24) is 4.31 Å². The van der Waals surface area contributed by atoms with Crippen LogP contribution in [0.3, 0.4) is 0 Å². The second-order valence-electron chi connectivity index (χ2n) is 4.88. The van der Waals surface area contributed by atoms with Gasteiger partial charge in [0, 0.05) is 17.1 Å². The lowest BCUT2D eigenvalue weighted by Gasteiger charge is -2.32. The minimum Gasteiger partial charge on any atom is -0.392 e. The summed E-state index contributed by atoms with van der Waals surface area (Å²) in [5, 5.41) is 9.07. The Morgan fingerprint density at radius 1 is 1.42 bits per heavy atom. The Kier molecular flexibility index (Phi) is 4.66. The highest BCUT2D eigenvalue weighted by Gasteiger charge is 2.32. The lowest BCUT2D eigenvalue weighted by Crippen LogP contribution is -2.42. The first kappa shape index (κ1) is 15.0. The molecule has 6 heteroatoms. The molecule has 1 aromatic rings. The number of rotatable bonds is 3. The molecule has 1 aromatic carbocycles. The van der Waals surface area contributed by atoms with E-state index in [1.165, 1.54) is 0 Å². The third-order valence-corrected chi connectivity index (χ3v) is 6.50. The largest absolute Gasteiger partial charge is 0.392 e. The highest BCUT2D eigenvalue weighted by Crippen LogP contribution is 2.30. The highest BCUT2D eigenvalue weighted by atomic mass is 79.9. The van der Waals surface area contributed by atoms with Crippen molar-refractivity contribution in [1.29, 1.82) is 0 Å². The monoisotopic (exact) mass is 347 g/mol. The van der Waals surface area contributed by atoms with E-state index in [4.69, 9.17) is 5.11 Å². The van der Waals surface area contributed by atoms with Crippen LogP contribution in [0.2, 0.25) is 0 Å². The molecule has 1 heterocycles. The fourth-order valence-electron chi connectivity index (χ4n) is 2.41. The van der Waals surface area contributed by atoms with E-state index in [2.05, 4.69) is 15.9 Å². The minimum atomic E-state index is -3.46. The summed E-state index contributed by atoms with van der Waals surface area (Å²) in [5.74, 6) is 0. The molecule has 1 saturated heterocycles. The van der Waals surface area contributed by atoms with Gasteiger partial charge in [-0.25, -0.2) is 8.42 Å². The second kappa shape index (κ2) is 5.91. The Bertz CT molecular complexity index is 559. The van der Waals surface area contributed by atoms with Crippen molar-refractivity contribution in [3.8, 4) is 0 Å². The van der Waals surface area contributed by atoms with Gasteiger partial charge in [-0.05, 0) is 53.4 Å². The molecular weight excluding hydrogens is 330 g/mol. The first-order valence-corrected chi connectivity index (χ1v) is 8.61. The summed E-state index contributed by atoms with van der Waals surface area (Å²) < 4.78 is 27.4. The zero-order chi connectivity index (χ0) is 14.0. The highest BCUT2D eigenvalue weighted by molar-refractivity contribution is 9.10. The van der Waals surface area contributed by atoms with Gasteiger partial charge in [0.1, 0.15) is 0 Å². The smallest absolute Gasteiger partial charge is 0.244 e. The minimum absolute atomic E-state index is 0.0446. The lowest BCUT2D eigenvalue weighted by molar-refractivity contribution is 0.268. The van der Waals surface area contributed by atoms with Crippen molar-refractivity contribution < 1.29 is 13.5 Å². The molecule has 1 aliphatic heterocycles. The topological polar surface area (TPSA) is 57.6 Å². The second-order valence-corrected chi connectivity index (χ2v) is 7.60. The van der Waals surface area contributed by atoms with Crippen LogP contribution in [-0.4, -0.2) is 30.4 Å². The number of aliphatic hydroxyl groups excluding tert-OH is 1. The van der Waals surface area contributed by atoms with Crippen LogP contribution in [0.5, 0.6) is 0 Å². The van der Waals surface area contributed by atoms with Crippen molar-refractivity contribution in [2.45, 2.75) is 43.7 Å². The Morgan fingerprint density at radius 2 is 2.16 bits per heavy atom. The summed E-state index contributed by atoms with van der Waals surface area (Å²) in [6.45, 7) is 2.43. The molecule has 0 saturated carbocycles. The van der Waals surface area contributed by atoms with Gasteiger partial charge in [0.15, 0.2) is 0 Å². The van der Waals surface area contributed by atoms with E-state index < -0.39 is 10.0 Å². The molecule has 1 unspecified atom stereocenters. The number of nitrogens with zero attached hydrogens (tertiary/aromatic N) is 1. The van der Waals surface area contributed by atoms with Crippen LogP contribution in [-0.2, 0) is 16.6 Å². The molecule has 0 bridgehead atoms. The summed E-state index contributed by atoms with van der Waals surface area (Å²) in [7, 11) is -3.46. The maximum Gasteiger partial charge on any atom is 0.244 e. The van der Waals surface area contributed by atoms with Gasteiger partial charge >= 0.3 is 0 Å². The number of aliphatic hydroxyl groups is 1. The van der Waals surface area contributed by atoms with Crippen LogP contribution in [0.15, 0.2) is 27.6 Å². The summed E-state index contributed by atoms with van der Waals surface area (Å²) in [4.78, 5) is 0.276. The Hall–Kier alpha value is -0.430. The number of sulfonamides is 1. The number of piperidine rings is 1. The average Bonchev–Trinajstić information content (AvgIpc) is 2.38. The quantitative estimate of drug-likeness (QED) is 0.913. The summed E-state index contributed by atoms with van der Waals surface area (Å²) in [5.41, 5.74) is 0.692. The van der Waals surface area contributed by atoms with Crippen LogP contribution >= 0.6 is 15.9 Å². The Balaban J connectivity index is 2.38. The van der Waals surface area contributed by atoms with Crippen molar-refractivity contribution in [3.63, 3.8) is 0 Å². The number of hydrogen-bond donors (Lipinski definition) is 1. The standard InChI is InChI=1S/C13H18BrNO3S/c1-10-4-2-3-7-15(10)19(17,18)13-6-5-11(9-16)8-12(13)14/h5-6,8,10,16H,2-4,7,9H2,1H3. The molecule has 0 aliphatic carbocycles. The van der Waals surface area contributed by atoms with E-state index in [-0.39, 0.29) is 17.5 Å². The normalized spacial score (nSPS) is 21.5. The molecule has 1 N–H and O–H groups in total. The molecule has 0 radical (unpaired) electrons. The first-order valence-electron chi connectivity index (χ1n) is 6.38. The molecule has 1 fully saturated rings. The maximum atomic E-state index is 12.7. The number of halogens is 1. The summed E-state index contributed by atoms with van der Waals surface area (Å²) in [6, 6.07) is 4.91. The van der Waals surface area contributed by atoms with E-state index in [1.807, 2.05) is 6.92 Å². The van der Waals surface area contributed by atoms with Crippen LogP contribution in [0.4, 0.5) is 0 Å². The molecule has 1 atom stereocenters. The molecular formula is C13H18BrNO3S. The van der Waals surface area contributed by atoms with E-state index in [0.29, 0.717) is 16.6 Å². The predicted octanol–water partition coefficient (Wildman–Crippen LogP) is 2.50. The van der Waals surface area contributed by atoms with Gasteiger partial charge in [0.2, 0.25) is 10.0 Å². The van der Waals surface area contributed by atoms with Gasteiger partial charge in [0.05, 0.1) is 11.5 Å². The third kappa shape index (κ3) is 3.02. The Labute approximate surface area is 122 Å². The number of hydrogen-bond acceptors (Lipinski definition) is 3. The molecule has 19 heavy (non-hydrogen) atoms. The van der Waals surface area contributed by atoms with E-state index >= 15 is 0 Å². The molecule has 2 rings (SSSR count). The van der Waals surface area contributed by atoms with Crippen molar-refractivity contribution in [3.05, 3.63) is 28.2 Å². The van der Waals surface area contributed by atoms with Crippen LogP contribution in [0.1, 0.15) is 31.7 Å². The SMILES string of the molecule is CC1CCCCN1S(=O)(=O)c1ccc(CO)cc1Br. The summed E-state index contributed by atoms with van der Waals surface area (Å²) >= 11 is 3.29. The molecule has 106 valence electrons. The zero-order valence-electron chi connectivity index (χ0n) is 10.8. The van der Waals surface area contributed by atoms with Gasteiger partial charge < -0.3 is 5.11 Å². The van der Waals surface area contributed by atoms with E-state index in [1.54, 1.807) is 22.5 Å². The molecule has 1 aliphatic rings. The third-order valence-electron chi connectivity index (χ3n) is 3.51. The van der Waals surface area contributed by atoms with Crippen molar-refractivity contribution >= 4 is 26.0 Å². The maximum absolute atomic E-state index is 12.7. The van der Waals surface area contributed by atoms with Crippen molar-refractivity contribution in [2.75, 3.05) is 6.54 Å². The van der Waals surface area contributed by atoms with Crippen LogP contribution in [0, 0.1) is 0 Å². The Morgan fingerprint density at radius 3 is 2.74 bits per heavy atom. The van der Waals surface area contributed by atoms with Gasteiger partial charge in [-0.1, -0.05) is 12.5 Å². The molecule has 0 amide bonds. The van der Waals surface area contributed by atoms with Gasteiger partial charge in [-0.15, -0.1) is 0 Å². The first-order chi connectivity index (χ1) is 8.96. The van der Waals surface area contributed by atoms with Gasteiger partial charge in [0.25, 0.3) is 0 Å². The van der Waals surface area contributed by atoms with Crippen molar-refractivity contribution in [2.24, 2.45) is 0 Å². The lowest BCUT2D eigenvalue weighted by atomic mass is 10.1. The fourth-order valence-corrected chi connectivity index (χ4v) is 5.19. The number of benzene rings is 1. The molecule has 4 nitrogen and oxygen atoms in total. The van der Waals surface area contributed by atoms with Gasteiger partial charge in [-0.2, -0.15) is 4.31 Å². The summed E-state index contributed by atoms with van der Waals surface area (Å²) in [6.07, 6.45) is 2.90. The van der Waals surface area contributed by atoms with E-state index in [0.717, 1.165) is 19.3 Å². The molecule has 0 aromatic heterocycles. The predicted molar refractivity (Wildman–Crippen MR) is 77.3 cm³/mol. The van der Waals surface area contributed by atoms with E-state index in [9.17, 15) is 8.42 Å². The molecule has 0 spiro atoms. The van der Waals surface area contributed by atoms with Crippen LogP contribution < -0.4 is 0 Å². The van der Waals surface area contributed by atoms with Gasteiger partial charge in [-0.3, -0.25) is 0 Å². The average molecular weight is 348 g/mol. The van der Waals surface area contributed by atoms with Crippen LogP contribution in [0.25, 0.3) is 0 Å². The zero-order valence-corrected chi connectivity index (χ0v) is 13.2.